The molecule has 0 fully saturated rings. The molecule has 0 aromatic heterocycles. The largest absolute Gasteiger partial charge is 0.462 e. The Hall–Kier alpha value is -1.06. The number of ether oxygens (including phenoxy) is 2. The zero-order valence-electron chi connectivity index (χ0n) is 16.3. The van der Waals surface area contributed by atoms with E-state index in [1.807, 2.05) is 0 Å². The van der Waals surface area contributed by atoms with Crippen LogP contribution in [-0.2, 0) is 19.1 Å². The molecule has 0 amide bonds. The molecule has 0 rings (SSSR count). The summed E-state index contributed by atoms with van der Waals surface area (Å²) in [6.07, 6.45) is 9.57. The fraction of sp³-hybridized carbons (Fsp3) is 0.900. The highest BCUT2D eigenvalue weighted by molar-refractivity contribution is 5.70. The summed E-state index contributed by atoms with van der Waals surface area (Å²) in [6, 6.07) is 0. The van der Waals surface area contributed by atoms with Gasteiger partial charge in [-0.2, -0.15) is 0 Å². The van der Waals surface area contributed by atoms with Gasteiger partial charge in [0.05, 0.1) is 0 Å². The molecule has 4 heteroatoms. The average Bonchev–Trinajstić information content (AvgIpc) is 2.50. The lowest BCUT2D eigenvalue weighted by Crippen LogP contribution is -2.13. The van der Waals surface area contributed by atoms with Crippen LogP contribution < -0.4 is 0 Å². The number of hydrogen-bond donors (Lipinski definition) is 0. The second kappa shape index (κ2) is 15.5. The van der Waals surface area contributed by atoms with Gasteiger partial charge in [0.15, 0.2) is 0 Å². The van der Waals surface area contributed by atoms with Crippen LogP contribution >= 0.6 is 0 Å². The van der Waals surface area contributed by atoms with Gasteiger partial charge in [0, 0.05) is 12.8 Å². The van der Waals surface area contributed by atoms with Crippen LogP contribution in [0.1, 0.15) is 91.9 Å². The highest BCUT2D eigenvalue weighted by atomic mass is 16.6. The fourth-order valence-electron chi connectivity index (χ4n) is 2.45. The average molecular weight is 343 g/mol. The van der Waals surface area contributed by atoms with Crippen LogP contribution in [0, 0.1) is 11.8 Å². The van der Waals surface area contributed by atoms with Gasteiger partial charge in [0.25, 0.3) is 0 Å². The first-order valence-electron chi connectivity index (χ1n) is 9.73. The van der Waals surface area contributed by atoms with Crippen molar-refractivity contribution in [1.82, 2.24) is 0 Å². The van der Waals surface area contributed by atoms with Gasteiger partial charge in [0.1, 0.15) is 13.2 Å². The van der Waals surface area contributed by atoms with E-state index in [2.05, 4.69) is 27.7 Å². The van der Waals surface area contributed by atoms with Crippen LogP contribution in [-0.4, -0.2) is 25.2 Å². The SMILES string of the molecule is CC(C)CCCCCC(=O)OCCOC(=O)CCCCCC(C)C. The maximum absolute atomic E-state index is 11.5. The number of hydrogen-bond acceptors (Lipinski definition) is 4. The summed E-state index contributed by atoms with van der Waals surface area (Å²) in [5, 5.41) is 0. The van der Waals surface area contributed by atoms with E-state index in [0.717, 1.165) is 37.5 Å². The Balaban J connectivity index is 3.38. The van der Waals surface area contributed by atoms with Gasteiger partial charge in [-0.25, -0.2) is 0 Å². The van der Waals surface area contributed by atoms with Crippen molar-refractivity contribution in [3.63, 3.8) is 0 Å². The van der Waals surface area contributed by atoms with Crippen molar-refractivity contribution in [1.29, 1.82) is 0 Å². The molecular formula is C20H38O4. The molecule has 0 aliphatic rings. The molecule has 0 aromatic carbocycles. The Morgan fingerprint density at radius 3 is 1.33 bits per heavy atom. The van der Waals surface area contributed by atoms with E-state index in [1.165, 1.54) is 25.7 Å². The summed E-state index contributed by atoms with van der Waals surface area (Å²) < 4.78 is 10.1. The summed E-state index contributed by atoms with van der Waals surface area (Å²) in [5.41, 5.74) is 0. The standard InChI is InChI=1S/C20H38O4/c1-17(2)11-7-5-9-13-19(21)23-15-16-24-20(22)14-10-6-8-12-18(3)4/h17-18H,5-16H2,1-4H3. The Bertz CT molecular complexity index is 292. The summed E-state index contributed by atoms with van der Waals surface area (Å²) >= 11 is 0. The molecule has 142 valence electrons. The lowest BCUT2D eigenvalue weighted by Gasteiger charge is -2.07. The lowest BCUT2D eigenvalue weighted by atomic mass is 10.0. The Kier molecular flexibility index (Phi) is 14.8. The van der Waals surface area contributed by atoms with Crippen LogP contribution in [0.15, 0.2) is 0 Å². The molecule has 0 heterocycles. The minimum Gasteiger partial charge on any atom is -0.462 e. The Morgan fingerprint density at radius 2 is 1.00 bits per heavy atom. The van der Waals surface area contributed by atoms with Gasteiger partial charge >= 0.3 is 11.9 Å². The van der Waals surface area contributed by atoms with Crippen molar-refractivity contribution in [2.75, 3.05) is 13.2 Å². The molecule has 4 nitrogen and oxygen atoms in total. The number of carbonyl (C=O) groups is 2. The van der Waals surface area contributed by atoms with E-state index in [1.54, 1.807) is 0 Å². The molecule has 0 aliphatic carbocycles. The predicted octanol–water partition coefficient (Wildman–Crippen LogP) is 5.29. The second-order valence-corrected chi connectivity index (χ2v) is 7.43. The van der Waals surface area contributed by atoms with E-state index in [-0.39, 0.29) is 25.2 Å². The lowest BCUT2D eigenvalue weighted by molar-refractivity contribution is -0.152. The minimum atomic E-state index is -0.190. The number of carbonyl (C=O) groups excluding carboxylic acids is 2. The van der Waals surface area contributed by atoms with Gasteiger partial charge < -0.3 is 9.47 Å². The van der Waals surface area contributed by atoms with Crippen LogP contribution in [0.3, 0.4) is 0 Å². The molecular weight excluding hydrogens is 304 g/mol. The molecule has 0 saturated carbocycles. The smallest absolute Gasteiger partial charge is 0.305 e. The molecule has 0 N–H and O–H groups in total. The van der Waals surface area contributed by atoms with E-state index in [9.17, 15) is 9.59 Å². The molecule has 0 aliphatic heterocycles. The molecule has 0 spiro atoms. The van der Waals surface area contributed by atoms with Crippen LogP contribution in [0.25, 0.3) is 0 Å². The van der Waals surface area contributed by atoms with Gasteiger partial charge in [-0.3, -0.25) is 9.59 Å². The van der Waals surface area contributed by atoms with Crippen molar-refractivity contribution in [3.05, 3.63) is 0 Å². The van der Waals surface area contributed by atoms with Crippen LogP contribution in [0.5, 0.6) is 0 Å². The maximum atomic E-state index is 11.5. The molecule has 0 radical (unpaired) electrons. The molecule has 0 unspecified atom stereocenters. The topological polar surface area (TPSA) is 52.6 Å². The van der Waals surface area contributed by atoms with Crippen LogP contribution in [0.4, 0.5) is 0 Å². The van der Waals surface area contributed by atoms with Crippen LogP contribution in [0.2, 0.25) is 0 Å². The van der Waals surface area contributed by atoms with Crippen molar-refractivity contribution in [2.45, 2.75) is 91.9 Å². The third-order valence-corrected chi connectivity index (χ3v) is 3.93. The third-order valence-electron chi connectivity index (χ3n) is 3.93. The number of esters is 2. The quantitative estimate of drug-likeness (QED) is 0.300. The van der Waals surface area contributed by atoms with Gasteiger partial charge in [-0.15, -0.1) is 0 Å². The van der Waals surface area contributed by atoms with Crippen molar-refractivity contribution in [3.8, 4) is 0 Å². The normalized spacial score (nSPS) is 11.1. The Morgan fingerprint density at radius 1 is 0.625 bits per heavy atom. The first kappa shape index (κ1) is 22.9. The molecule has 24 heavy (non-hydrogen) atoms. The monoisotopic (exact) mass is 342 g/mol. The highest BCUT2D eigenvalue weighted by Crippen LogP contribution is 2.10. The van der Waals surface area contributed by atoms with E-state index in [0.29, 0.717) is 12.8 Å². The predicted molar refractivity (Wildman–Crippen MR) is 97.8 cm³/mol. The molecule has 0 atom stereocenters. The minimum absolute atomic E-state index is 0.171. The van der Waals surface area contributed by atoms with Gasteiger partial charge in [-0.1, -0.05) is 66.2 Å². The maximum Gasteiger partial charge on any atom is 0.305 e. The van der Waals surface area contributed by atoms with Gasteiger partial charge in [0.2, 0.25) is 0 Å². The van der Waals surface area contributed by atoms with E-state index >= 15 is 0 Å². The molecule has 0 aromatic rings. The zero-order chi connectivity index (χ0) is 18.2. The van der Waals surface area contributed by atoms with Gasteiger partial charge in [-0.05, 0) is 24.7 Å². The van der Waals surface area contributed by atoms with E-state index < -0.39 is 0 Å². The summed E-state index contributed by atoms with van der Waals surface area (Å²) in [5.74, 6) is 1.07. The Labute approximate surface area is 148 Å². The van der Waals surface area contributed by atoms with Crippen molar-refractivity contribution < 1.29 is 19.1 Å². The number of unbranched alkanes of at least 4 members (excludes halogenated alkanes) is 4. The number of rotatable bonds is 15. The highest BCUT2D eigenvalue weighted by Gasteiger charge is 2.06. The molecule has 0 bridgehead atoms. The fourth-order valence-corrected chi connectivity index (χ4v) is 2.45. The van der Waals surface area contributed by atoms with E-state index in [4.69, 9.17) is 9.47 Å². The molecule has 0 saturated heterocycles. The summed E-state index contributed by atoms with van der Waals surface area (Å²) in [4.78, 5) is 23.0. The summed E-state index contributed by atoms with van der Waals surface area (Å²) in [6.45, 7) is 9.18. The first-order valence-corrected chi connectivity index (χ1v) is 9.73. The van der Waals surface area contributed by atoms with Crippen molar-refractivity contribution in [2.24, 2.45) is 11.8 Å². The first-order chi connectivity index (χ1) is 11.4. The zero-order valence-corrected chi connectivity index (χ0v) is 16.3. The summed E-state index contributed by atoms with van der Waals surface area (Å²) in [7, 11) is 0. The van der Waals surface area contributed by atoms with Crippen molar-refractivity contribution >= 4 is 11.9 Å². The second-order valence-electron chi connectivity index (χ2n) is 7.43. The third kappa shape index (κ3) is 17.3.